The topological polar surface area (TPSA) is 72.2 Å². The molecule has 1 fully saturated rings. The number of benzene rings is 1. The van der Waals surface area contributed by atoms with Crippen molar-refractivity contribution in [3.05, 3.63) is 35.0 Å². The Balaban J connectivity index is 1.95. The van der Waals surface area contributed by atoms with Gasteiger partial charge >= 0.3 is 0 Å². The third-order valence-corrected chi connectivity index (χ3v) is 5.27. The zero-order valence-electron chi connectivity index (χ0n) is 10.2. The summed E-state index contributed by atoms with van der Waals surface area (Å²) in [4.78, 5) is 0.232. The Morgan fingerprint density at radius 3 is 2.63 bits per heavy atom. The maximum absolute atomic E-state index is 12.1. The predicted molar refractivity (Wildman–Crippen MR) is 77.5 cm³/mol. The van der Waals surface area contributed by atoms with Gasteiger partial charge in [0.2, 0.25) is 10.0 Å². The fourth-order valence-corrected chi connectivity index (χ4v) is 3.87. The Hall–Kier alpha value is -1.37. The fourth-order valence-electron chi connectivity index (χ4n) is 1.88. The van der Waals surface area contributed by atoms with Crippen molar-refractivity contribution < 1.29 is 8.42 Å². The number of hydrogen-bond acceptors (Lipinski definition) is 4. The molecule has 2 aromatic rings. The molecule has 1 aliphatic rings. The standard InChI is InChI=1S/C13H14N2O2S2/c14-13-7-11(19(16,17)15-10-1-2-10)3-4-12(13)9-5-6-18-8-9/h3-8,10,15H,1-2,14H2. The number of sulfonamides is 1. The molecule has 0 radical (unpaired) electrons. The number of hydrogen-bond donors (Lipinski definition) is 2. The lowest BCUT2D eigenvalue weighted by Crippen LogP contribution is -2.25. The van der Waals surface area contributed by atoms with Crippen LogP contribution in [0.25, 0.3) is 11.1 Å². The van der Waals surface area contributed by atoms with Gasteiger partial charge in [0.1, 0.15) is 0 Å². The quantitative estimate of drug-likeness (QED) is 0.851. The van der Waals surface area contributed by atoms with Gasteiger partial charge in [-0.25, -0.2) is 13.1 Å². The Morgan fingerprint density at radius 1 is 1.26 bits per heavy atom. The predicted octanol–water partition coefficient (Wildman–Crippen LogP) is 2.44. The van der Waals surface area contributed by atoms with E-state index in [1.807, 2.05) is 16.8 Å². The molecule has 3 N–H and O–H groups in total. The average molecular weight is 294 g/mol. The van der Waals surface area contributed by atoms with Gasteiger partial charge in [0.25, 0.3) is 0 Å². The number of anilines is 1. The molecular formula is C13H14N2O2S2. The molecule has 1 aromatic carbocycles. The molecule has 1 heterocycles. The lowest BCUT2D eigenvalue weighted by Gasteiger charge is -2.09. The van der Waals surface area contributed by atoms with Crippen LogP contribution in [0, 0.1) is 0 Å². The first-order chi connectivity index (χ1) is 9.06. The van der Waals surface area contributed by atoms with E-state index in [2.05, 4.69) is 4.72 Å². The maximum atomic E-state index is 12.1. The highest BCUT2D eigenvalue weighted by atomic mass is 32.2. The van der Waals surface area contributed by atoms with Crippen LogP contribution in [-0.2, 0) is 10.0 Å². The summed E-state index contributed by atoms with van der Waals surface area (Å²) in [6.07, 6.45) is 1.84. The Kier molecular flexibility index (Phi) is 3.08. The van der Waals surface area contributed by atoms with Gasteiger partial charge in [0.05, 0.1) is 4.90 Å². The number of thiophene rings is 1. The summed E-state index contributed by atoms with van der Waals surface area (Å²) in [6, 6.07) is 6.96. The van der Waals surface area contributed by atoms with Gasteiger partial charge in [-0.2, -0.15) is 11.3 Å². The Labute approximate surface area is 116 Å². The van der Waals surface area contributed by atoms with E-state index in [-0.39, 0.29) is 10.9 Å². The van der Waals surface area contributed by atoms with Gasteiger partial charge < -0.3 is 5.73 Å². The van der Waals surface area contributed by atoms with Crippen LogP contribution in [0.5, 0.6) is 0 Å². The molecule has 4 nitrogen and oxygen atoms in total. The number of nitrogens with one attached hydrogen (secondary N) is 1. The van der Waals surface area contributed by atoms with E-state index < -0.39 is 10.0 Å². The molecule has 0 amide bonds. The summed E-state index contributed by atoms with van der Waals surface area (Å²) < 4.78 is 26.8. The van der Waals surface area contributed by atoms with Gasteiger partial charge in [-0.3, -0.25) is 0 Å². The maximum Gasteiger partial charge on any atom is 0.240 e. The normalized spacial score (nSPS) is 15.6. The van der Waals surface area contributed by atoms with Crippen molar-refractivity contribution in [1.82, 2.24) is 4.72 Å². The third-order valence-electron chi connectivity index (χ3n) is 3.06. The van der Waals surface area contributed by atoms with Crippen LogP contribution in [0.1, 0.15) is 12.8 Å². The van der Waals surface area contributed by atoms with Crippen LogP contribution in [0.4, 0.5) is 5.69 Å². The zero-order valence-corrected chi connectivity index (χ0v) is 11.8. The van der Waals surface area contributed by atoms with Crippen molar-refractivity contribution in [2.75, 3.05) is 5.73 Å². The summed E-state index contributed by atoms with van der Waals surface area (Å²) in [5, 5.41) is 3.95. The molecule has 6 heteroatoms. The van der Waals surface area contributed by atoms with Crippen molar-refractivity contribution in [1.29, 1.82) is 0 Å². The first-order valence-electron chi connectivity index (χ1n) is 6.01. The first kappa shape index (κ1) is 12.7. The molecule has 0 spiro atoms. The summed E-state index contributed by atoms with van der Waals surface area (Å²) in [6.45, 7) is 0. The second-order valence-corrected chi connectivity index (χ2v) is 7.15. The molecule has 3 rings (SSSR count). The molecular weight excluding hydrogens is 280 g/mol. The molecule has 1 aliphatic carbocycles. The van der Waals surface area contributed by atoms with Crippen LogP contribution in [0.15, 0.2) is 39.9 Å². The Bertz CT molecular complexity index is 689. The van der Waals surface area contributed by atoms with Crippen molar-refractivity contribution >= 4 is 27.0 Å². The summed E-state index contributed by atoms with van der Waals surface area (Å²) in [5.41, 5.74) is 8.33. The zero-order chi connectivity index (χ0) is 13.5. The van der Waals surface area contributed by atoms with E-state index in [9.17, 15) is 8.42 Å². The summed E-state index contributed by atoms with van der Waals surface area (Å²) in [5.74, 6) is 0. The summed E-state index contributed by atoms with van der Waals surface area (Å²) >= 11 is 1.58. The van der Waals surface area contributed by atoms with Gasteiger partial charge in [-0.05, 0) is 47.4 Å². The molecule has 100 valence electrons. The highest BCUT2D eigenvalue weighted by molar-refractivity contribution is 7.89. The highest BCUT2D eigenvalue weighted by Crippen LogP contribution is 2.30. The number of nitrogen functional groups attached to an aromatic ring is 1. The van der Waals surface area contributed by atoms with Crippen molar-refractivity contribution in [2.24, 2.45) is 0 Å². The molecule has 1 aromatic heterocycles. The minimum Gasteiger partial charge on any atom is -0.398 e. The van der Waals surface area contributed by atoms with Crippen molar-refractivity contribution in [3.63, 3.8) is 0 Å². The van der Waals surface area contributed by atoms with E-state index in [0.29, 0.717) is 5.69 Å². The smallest absolute Gasteiger partial charge is 0.240 e. The number of nitrogens with two attached hydrogens (primary N) is 1. The fraction of sp³-hybridized carbons (Fsp3) is 0.231. The number of rotatable bonds is 4. The van der Waals surface area contributed by atoms with Crippen LogP contribution >= 0.6 is 11.3 Å². The minimum atomic E-state index is -3.43. The molecule has 0 aliphatic heterocycles. The van der Waals surface area contributed by atoms with E-state index in [4.69, 9.17) is 5.73 Å². The molecule has 19 heavy (non-hydrogen) atoms. The molecule has 1 saturated carbocycles. The van der Waals surface area contributed by atoms with E-state index in [1.54, 1.807) is 23.5 Å². The first-order valence-corrected chi connectivity index (χ1v) is 8.43. The molecule has 0 bridgehead atoms. The lowest BCUT2D eigenvalue weighted by atomic mass is 10.1. The van der Waals surface area contributed by atoms with Crippen LogP contribution in [0.3, 0.4) is 0 Å². The van der Waals surface area contributed by atoms with Crippen molar-refractivity contribution in [3.8, 4) is 11.1 Å². The van der Waals surface area contributed by atoms with E-state index in [1.165, 1.54) is 6.07 Å². The van der Waals surface area contributed by atoms with Gasteiger partial charge in [-0.15, -0.1) is 0 Å². The van der Waals surface area contributed by atoms with E-state index in [0.717, 1.165) is 24.0 Å². The SMILES string of the molecule is Nc1cc(S(=O)(=O)NC2CC2)ccc1-c1ccsc1. The monoisotopic (exact) mass is 294 g/mol. The van der Waals surface area contributed by atoms with Crippen molar-refractivity contribution in [2.45, 2.75) is 23.8 Å². The van der Waals surface area contributed by atoms with Crippen LogP contribution in [-0.4, -0.2) is 14.5 Å². The average Bonchev–Trinajstić information content (AvgIpc) is 3.00. The lowest BCUT2D eigenvalue weighted by molar-refractivity contribution is 0.581. The van der Waals surface area contributed by atoms with E-state index >= 15 is 0 Å². The third kappa shape index (κ3) is 2.65. The van der Waals surface area contributed by atoms with Crippen LogP contribution < -0.4 is 10.5 Å². The van der Waals surface area contributed by atoms with Gasteiger partial charge in [0, 0.05) is 17.3 Å². The molecule has 0 atom stereocenters. The second-order valence-electron chi connectivity index (χ2n) is 4.66. The summed E-state index contributed by atoms with van der Waals surface area (Å²) in [7, 11) is -3.43. The van der Waals surface area contributed by atoms with Gasteiger partial charge in [-0.1, -0.05) is 6.07 Å². The molecule has 0 unspecified atom stereocenters. The molecule has 0 saturated heterocycles. The second kappa shape index (κ2) is 4.63. The van der Waals surface area contributed by atoms with Crippen LogP contribution in [0.2, 0.25) is 0 Å². The highest BCUT2D eigenvalue weighted by Gasteiger charge is 2.28. The minimum absolute atomic E-state index is 0.0998. The largest absolute Gasteiger partial charge is 0.398 e. The Morgan fingerprint density at radius 2 is 2.05 bits per heavy atom. The van der Waals surface area contributed by atoms with Gasteiger partial charge in [0.15, 0.2) is 0 Å².